The topological polar surface area (TPSA) is 29.1 Å². The summed E-state index contributed by atoms with van der Waals surface area (Å²) in [6.45, 7) is 1.97. The lowest BCUT2D eigenvalue weighted by Crippen LogP contribution is -2.26. The summed E-state index contributed by atoms with van der Waals surface area (Å²) < 4.78 is 2.82. The summed E-state index contributed by atoms with van der Waals surface area (Å²) in [6.07, 6.45) is 0. The van der Waals surface area contributed by atoms with Gasteiger partial charge in [0.2, 0.25) is 0 Å². The molecule has 0 bridgehead atoms. The first-order chi connectivity index (χ1) is 8.99. The van der Waals surface area contributed by atoms with Crippen molar-refractivity contribution in [3.8, 4) is 0 Å². The summed E-state index contributed by atoms with van der Waals surface area (Å²) in [5.74, 6) is -0.0698. The van der Waals surface area contributed by atoms with E-state index in [0.717, 1.165) is 18.3 Å². The Hall–Kier alpha value is -0.170. The number of carbonyl (C=O) groups excluding carboxylic acids is 1. The molecule has 0 saturated heterocycles. The molecule has 1 heterocycles. The molecule has 1 N–H and O–H groups in total. The van der Waals surface area contributed by atoms with Gasteiger partial charge in [-0.15, -0.1) is 11.3 Å². The zero-order valence-corrected chi connectivity index (χ0v) is 15.5. The van der Waals surface area contributed by atoms with Crippen LogP contribution < -0.4 is 5.32 Å². The fourth-order valence-electron chi connectivity index (χ4n) is 1.63. The van der Waals surface area contributed by atoms with Gasteiger partial charge in [0, 0.05) is 8.95 Å². The molecular weight excluding hydrogens is 458 g/mol. The van der Waals surface area contributed by atoms with Gasteiger partial charge < -0.3 is 5.32 Å². The quantitative estimate of drug-likeness (QED) is 0.632. The van der Waals surface area contributed by atoms with Crippen LogP contribution in [-0.2, 0) is 0 Å². The molecule has 0 radical (unpaired) electrons. The number of hydrogen-bond donors (Lipinski definition) is 1. The molecule has 1 aromatic carbocycles. The molecule has 1 atom stereocenters. The average Bonchev–Trinajstić information content (AvgIpc) is 2.70. The van der Waals surface area contributed by atoms with Crippen molar-refractivity contribution >= 4 is 65.0 Å². The fraction of sp³-hybridized carbons (Fsp3) is 0.154. The molecule has 1 aromatic heterocycles. The van der Waals surface area contributed by atoms with Crippen LogP contribution in [0.5, 0.6) is 0 Å². The van der Waals surface area contributed by atoms with Gasteiger partial charge in [0.25, 0.3) is 5.91 Å². The maximum Gasteiger partial charge on any atom is 0.261 e. The van der Waals surface area contributed by atoms with Crippen molar-refractivity contribution in [2.75, 3.05) is 0 Å². The van der Waals surface area contributed by atoms with Gasteiger partial charge in [-0.05, 0) is 56.5 Å². The predicted octanol–water partition coefficient (Wildman–Crippen LogP) is 5.53. The van der Waals surface area contributed by atoms with Gasteiger partial charge in [-0.25, -0.2) is 0 Å². The highest BCUT2D eigenvalue weighted by atomic mass is 79.9. The van der Waals surface area contributed by atoms with Crippen LogP contribution in [-0.4, -0.2) is 5.91 Å². The smallest absolute Gasteiger partial charge is 0.261 e. The Morgan fingerprint density at radius 1 is 1.21 bits per heavy atom. The van der Waals surface area contributed by atoms with Crippen molar-refractivity contribution in [1.82, 2.24) is 5.32 Å². The molecule has 0 unspecified atom stereocenters. The number of benzene rings is 1. The number of nitrogens with one attached hydrogen (secondary N) is 1. The maximum atomic E-state index is 12.1. The second kappa shape index (κ2) is 6.52. The second-order valence-corrected chi connectivity index (χ2v) is 8.03. The van der Waals surface area contributed by atoms with E-state index in [2.05, 4.69) is 53.1 Å². The van der Waals surface area contributed by atoms with Crippen molar-refractivity contribution in [2.45, 2.75) is 13.0 Å². The Morgan fingerprint density at radius 3 is 2.47 bits per heavy atom. The van der Waals surface area contributed by atoms with E-state index in [1.165, 1.54) is 11.3 Å². The molecule has 0 saturated carbocycles. The standard InChI is InChI=1S/C13H10Br3NOS/c1-7(8-4-2-3-5-9(8)14)17-13(18)11-6-10(15)12(16)19-11/h2-7H,1H3,(H,17,18)/t7-/m0/s1. The molecule has 100 valence electrons. The Balaban J connectivity index is 2.13. The highest BCUT2D eigenvalue weighted by Crippen LogP contribution is 2.32. The largest absolute Gasteiger partial charge is 0.345 e. The molecule has 0 fully saturated rings. The van der Waals surface area contributed by atoms with Crippen LogP contribution in [0, 0.1) is 0 Å². The van der Waals surface area contributed by atoms with Crippen LogP contribution in [0.1, 0.15) is 28.2 Å². The van der Waals surface area contributed by atoms with Crippen molar-refractivity contribution in [1.29, 1.82) is 0 Å². The summed E-state index contributed by atoms with van der Waals surface area (Å²) in [7, 11) is 0. The summed E-state index contributed by atoms with van der Waals surface area (Å²) >= 11 is 11.7. The first-order valence-electron chi connectivity index (χ1n) is 5.49. The zero-order chi connectivity index (χ0) is 14.0. The maximum absolute atomic E-state index is 12.1. The van der Waals surface area contributed by atoms with Gasteiger partial charge in [-0.3, -0.25) is 4.79 Å². The van der Waals surface area contributed by atoms with Crippen LogP contribution in [0.4, 0.5) is 0 Å². The van der Waals surface area contributed by atoms with Gasteiger partial charge in [0.1, 0.15) is 0 Å². The minimum atomic E-state index is -0.0698. The highest BCUT2D eigenvalue weighted by molar-refractivity contribution is 9.13. The zero-order valence-electron chi connectivity index (χ0n) is 9.91. The Bertz CT molecular complexity index is 592. The van der Waals surface area contributed by atoms with E-state index in [-0.39, 0.29) is 11.9 Å². The van der Waals surface area contributed by atoms with Gasteiger partial charge in [-0.2, -0.15) is 0 Å². The summed E-state index contributed by atoms with van der Waals surface area (Å²) in [6, 6.07) is 9.64. The minimum absolute atomic E-state index is 0.0530. The molecule has 0 spiro atoms. The van der Waals surface area contributed by atoms with Crippen molar-refractivity contribution < 1.29 is 4.79 Å². The third-order valence-corrected chi connectivity index (χ3v) is 6.57. The van der Waals surface area contributed by atoms with Crippen molar-refractivity contribution in [3.63, 3.8) is 0 Å². The van der Waals surface area contributed by atoms with Crippen molar-refractivity contribution in [3.05, 3.63) is 53.5 Å². The lowest BCUT2D eigenvalue weighted by atomic mass is 10.1. The number of thiophene rings is 1. The number of carbonyl (C=O) groups is 1. The Kier molecular flexibility index (Phi) is 5.22. The minimum Gasteiger partial charge on any atom is -0.345 e. The van der Waals surface area contributed by atoms with Crippen LogP contribution >= 0.6 is 59.1 Å². The van der Waals surface area contributed by atoms with Crippen LogP contribution in [0.15, 0.2) is 43.1 Å². The van der Waals surface area contributed by atoms with Crippen molar-refractivity contribution in [2.24, 2.45) is 0 Å². The predicted molar refractivity (Wildman–Crippen MR) is 89.7 cm³/mol. The molecular formula is C13H10Br3NOS. The third-order valence-electron chi connectivity index (χ3n) is 2.59. The normalized spacial score (nSPS) is 12.2. The van der Waals surface area contributed by atoms with E-state index in [0.29, 0.717) is 4.88 Å². The van der Waals surface area contributed by atoms with E-state index in [4.69, 9.17) is 0 Å². The summed E-state index contributed by atoms with van der Waals surface area (Å²) in [4.78, 5) is 12.8. The molecule has 2 aromatic rings. The Labute approximate surface area is 141 Å². The molecule has 1 amide bonds. The monoisotopic (exact) mass is 465 g/mol. The summed E-state index contributed by atoms with van der Waals surface area (Å²) in [5.41, 5.74) is 1.06. The second-order valence-electron chi connectivity index (χ2n) is 3.95. The third kappa shape index (κ3) is 3.68. The number of hydrogen-bond acceptors (Lipinski definition) is 2. The Morgan fingerprint density at radius 2 is 1.89 bits per heavy atom. The van der Waals surface area contributed by atoms with E-state index in [1.807, 2.05) is 37.3 Å². The SMILES string of the molecule is C[C@H](NC(=O)c1cc(Br)c(Br)s1)c1ccccc1Br. The molecule has 19 heavy (non-hydrogen) atoms. The fourth-order valence-corrected chi connectivity index (χ4v) is 4.20. The summed E-state index contributed by atoms with van der Waals surface area (Å²) in [5, 5.41) is 2.99. The molecule has 2 nitrogen and oxygen atoms in total. The number of amides is 1. The number of rotatable bonds is 3. The van der Waals surface area contributed by atoms with Gasteiger partial charge in [0.15, 0.2) is 0 Å². The van der Waals surface area contributed by atoms with Gasteiger partial charge in [0.05, 0.1) is 14.7 Å². The average molecular weight is 468 g/mol. The first-order valence-corrected chi connectivity index (χ1v) is 8.68. The molecule has 6 heteroatoms. The van der Waals surface area contributed by atoms with E-state index in [1.54, 1.807) is 0 Å². The number of halogens is 3. The van der Waals surface area contributed by atoms with Crippen LogP contribution in [0.2, 0.25) is 0 Å². The molecule has 0 aliphatic heterocycles. The van der Waals surface area contributed by atoms with E-state index in [9.17, 15) is 4.79 Å². The molecule has 0 aliphatic rings. The molecule has 2 rings (SSSR count). The lowest BCUT2D eigenvalue weighted by molar-refractivity contribution is 0.0944. The molecule has 0 aliphatic carbocycles. The van der Waals surface area contributed by atoms with E-state index < -0.39 is 0 Å². The van der Waals surface area contributed by atoms with E-state index >= 15 is 0 Å². The van der Waals surface area contributed by atoms with Gasteiger partial charge >= 0.3 is 0 Å². The highest BCUT2D eigenvalue weighted by Gasteiger charge is 2.16. The van der Waals surface area contributed by atoms with Crippen LogP contribution in [0.3, 0.4) is 0 Å². The lowest BCUT2D eigenvalue weighted by Gasteiger charge is -2.15. The van der Waals surface area contributed by atoms with Gasteiger partial charge in [-0.1, -0.05) is 34.1 Å². The van der Waals surface area contributed by atoms with Crippen LogP contribution in [0.25, 0.3) is 0 Å². The first kappa shape index (κ1) is 15.2.